The number of fused-ring (bicyclic) bond motifs is 1. The number of rotatable bonds is 5. The Bertz CT molecular complexity index is 744. The average molecular weight is 342 g/mol. The summed E-state index contributed by atoms with van der Waals surface area (Å²) in [5, 5.41) is 10.3. The van der Waals surface area contributed by atoms with E-state index in [1.807, 2.05) is 25.1 Å². The number of phenols is 1. The van der Waals surface area contributed by atoms with Crippen LogP contribution < -0.4 is 19.1 Å². The van der Waals surface area contributed by atoms with E-state index in [9.17, 15) is 5.11 Å². The Morgan fingerprint density at radius 2 is 1.92 bits per heavy atom. The maximum Gasteiger partial charge on any atom is 0.231 e. The number of phenolic OH excluding ortho intramolecular Hbond substituents is 1. The number of ether oxygens (including phenoxy) is 3. The Morgan fingerprint density at radius 3 is 2.68 bits per heavy atom. The molecule has 1 fully saturated rings. The molecule has 2 atom stereocenters. The van der Waals surface area contributed by atoms with Crippen LogP contribution in [0.15, 0.2) is 36.4 Å². The van der Waals surface area contributed by atoms with E-state index in [-0.39, 0.29) is 12.5 Å². The van der Waals surface area contributed by atoms with Gasteiger partial charge in [0.1, 0.15) is 24.1 Å². The summed E-state index contributed by atoms with van der Waals surface area (Å²) < 4.78 is 16.3. The van der Waals surface area contributed by atoms with Gasteiger partial charge in [-0.15, -0.1) is 0 Å². The SMILES string of the molecule is CCOc1ccc([C@@H]2CCC[NH+]2Cc2cc3c(cc2O)OCO3)cc1. The molecule has 2 aliphatic rings. The zero-order valence-electron chi connectivity index (χ0n) is 14.5. The minimum Gasteiger partial charge on any atom is -0.507 e. The highest BCUT2D eigenvalue weighted by Gasteiger charge is 2.31. The molecule has 0 radical (unpaired) electrons. The van der Waals surface area contributed by atoms with E-state index in [1.54, 1.807) is 6.07 Å². The lowest BCUT2D eigenvalue weighted by Gasteiger charge is -2.22. The summed E-state index contributed by atoms with van der Waals surface area (Å²) in [5.41, 5.74) is 2.24. The maximum absolute atomic E-state index is 10.3. The highest BCUT2D eigenvalue weighted by molar-refractivity contribution is 5.51. The number of quaternary nitrogens is 1. The van der Waals surface area contributed by atoms with Gasteiger partial charge >= 0.3 is 0 Å². The summed E-state index contributed by atoms with van der Waals surface area (Å²) in [6.07, 6.45) is 2.35. The molecule has 132 valence electrons. The van der Waals surface area contributed by atoms with Crippen molar-refractivity contribution in [2.75, 3.05) is 19.9 Å². The summed E-state index contributed by atoms with van der Waals surface area (Å²) in [6.45, 7) is 4.79. The number of hydrogen-bond acceptors (Lipinski definition) is 4. The van der Waals surface area contributed by atoms with Crippen molar-refractivity contribution in [3.8, 4) is 23.0 Å². The smallest absolute Gasteiger partial charge is 0.231 e. The minimum absolute atomic E-state index is 0.226. The number of likely N-dealkylation sites (tertiary alicyclic amines) is 1. The van der Waals surface area contributed by atoms with Gasteiger partial charge in [-0.3, -0.25) is 0 Å². The Morgan fingerprint density at radius 1 is 1.16 bits per heavy atom. The Labute approximate surface area is 147 Å². The predicted molar refractivity (Wildman–Crippen MR) is 93.3 cm³/mol. The third-order valence-electron chi connectivity index (χ3n) is 5.07. The van der Waals surface area contributed by atoms with Gasteiger partial charge in [0.2, 0.25) is 6.79 Å². The average Bonchev–Trinajstić information content (AvgIpc) is 3.25. The van der Waals surface area contributed by atoms with Crippen molar-refractivity contribution in [2.24, 2.45) is 0 Å². The van der Waals surface area contributed by atoms with Crippen LogP contribution in [-0.4, -0.2) is 25.1 Å². The molecular formula is C20H24NO4+. The van der Waals surface area contributed by atoms with Crippen LogP contribution in [0, 0.1) is 0 Å². The first kappa shape index (κ1) is 16.1. The standard InChI is InChI=1S/C20H23NO4/c1-2-23-16-7-5-14(6-8-16)17-4-3-9-21(17)12-15-10-19-20(11-18(15)22)25-13-24-19/h5-8,10-11,17,22H,2-4,9,12-13H2,1H3/p+1/t17-/m0/s1. The van der Waals surface area contributed by atoms with Gasteiger partial charge < -0.3 is 24.2 Å². The zero-order chi connectivity index (χ0) is 17.2. The molecule has 2 aliphatic heterocycles. The first-order valence-corrected chi connectivity index (χ1v) is 8.93. The molecular weight excluding hydrogens is 318 g/mol. The summed E-state index contributed by atoms with van der Waals surface area (Å²) in [7, 11) is 0. The third-order valence-corrected chi connectivity index (χ3v) is 5.07. The van der Waals surface area contributed by atoms with E-state index >= 15 is 0 Å². The van der Waals surface area contributed by atoms with Gasteiger partial charge in [-0.05, 0) is 37.3 Å². The predicted octanol–water partition coefficient (Wildman–Crippen LogP) is 2.44. The number of nitrogens with one attached hydrogen (secondary N) is 1. The molecule has 2 N–H and O–H groups in total. The van der Waals surface area contributed by atoms with Crippen LogP contribution in [0.5, 0.6) is 23.0 Å². The highest BCUT2D eigenvalue weighted by atomic mass is 16.7. The van der Waals surface area contributed by atoms with Gasteiger partial charge in [-0.25, -0.2) is 0 Å². The molecule has 0 aromatic heterocycles. The molecule has 5 heteroatoms. The number of aromatic hydroxyl groups is 1. The van der Waals surface area contributed by atoms with Crippen molar-refractivity contribution in [3.05, 3.63) is 47.5 Å². The van der Waals surface area contributed by atoms with Gasteiger partial charge in [0.15, 0.2) is 11.5 Å². The van der Waals surface area contributed by atoms with Gasteiger partial charge in [-0.2, -0.15) is 0 Å². The van der Waals surface area contributed by atoms with E-state index in [2.05, 4.69) is 12.1 Å². The molecule has 0 amide bonds. The lowest BCUT2D eigenvalue weighted by Crippen LogP contribution is -3.08. The van der Waals surface area contributed by atoms with Crippen LogP contribution in [0.3, 0.4) is 0 Å². The molecule has 2 aromatic carbocycles. The van der Waals surface area contributed by atoms with Crippen molar-refractivity contribution in [3.63, 3.8) is 0 Å². The molecule has 0 spiro atoms. The first-order chi connectivity index (χ1) is 12.2. The normalized spacial score (nSPS) is 21.5. The lowest BCUT2D eigenvalue weighted by molar-refractivity contribution is -0.932. The van der Waals surface area contributed by atoms with E-state index < -0.39 is 0 Å². The van der Waals surface area contributed by atoms with E-state index in [1.165, 1.54) is 16.9 Å². The molecule has 1 unspecified atom stereocenters. The quantitative estimate of drug-likeness (QED) is 0.876. The number of benzene rings is 2. The van der Waals surface area contributed by atoms with E-state index in [4.69, 9.17) is 14.2 Å². The minimum atomic E-state index is 0.226. The maximum atomic E-state index is 10.3. The fourth-order valence-electron chi connectivity index (χ4n) is 3.85. The van der Waals surface area contributed by atoms with Crippen molar-refractivity contribution in [1.29, 1.82) is 0 Å². The van der Waals surface area contributed by atoms with Gasteiger partial charge in [0.25, 0.3) is 0 Å². The summed E-state index contributed by atoms with van der Waals surface area (Å²) in [6, 6.07) is 12.5. The highest BCUT2D eigenvalue weighted by Crippen LogP contribution is 2.37. The molecule has 4 rings (SSSR count). The molecule has 2 heterocycles. The summed E-state index contributed by atoms with van der Waals surface area (Å²) >= 11 is 0. The largest absolute Gasteiger partial charge is 0.507 e. The molecule has 0 saturated carbocycles. The summed E-state index contributed by atoms with van der Waals surface area (Å²) in [5.74, 6) is 2.55. The summed E-state index contributed by atoms with van der Waals surface area (Å²) in [4.78, 5) is 1.47. The second-order valence-electron chi connectivity index (χ2n) is 6.62. The van der Waals surface area contributed by atoms with Crippen LogP contribution in [-0.2, 0) is 6.54 Å². The van der Waals surface area contributed by atoms with Crippen LogP contribution in [0.1, 0.15) is 36.9 Å². The zero-order valence-corrected chi connectivity index (χ0v) is 14.5. The molecule has 0 bridgehead atoms. The molecule has 2 aromatic rings. The molecule has 1 saturated heterocycles. The molecule has 0 aliphatic carbocycles. The van der Waals surface area contributed by atoms with Crippen molar-refractivity contribution < 1.29 is 24.2 Å². The monoisotopic (exact) mass is 342 g/mol. The van der Waals surface area contributed by atoms with Crippen molar-refractivity contribution in [2.45, 2.75) is 32.4 Å². The second kappa shape index (κ2) is 6.84. The Hall–Kier alpha value is -2.40. The topological polar surface area (TPSA) is 52.4 Å². The van der Waals surface area contributed by atoms with Crippen LogP contribution in [0.4, 0.5) is 0 Å². The Kier molecular flexibility index (Phi) is 4.40. The second-order valence-corrected chi connectivity index (χ2v) is 6.62. The Balaban J connectivity index is 1.52. The van der Waals surface area contributed by atoms with Crippen molar-refractivity contribution in [1.82, 2.24) is 0 Å². The fourth-order valence-corrected chi connectivity index (χ4v) is 3.85. The van der Waals surface area contributed by atoms with Crippen LogP contribution >= 0.6 is 0 Å². The molecule has 5 nitrogen and oxygen atoms in total. The third kappa shape index (κ3) is 3.24. The van der Waals surface area contributed by atoms with Gasteiger partial charge in [0, 0.05) is 24.5 Å². The van der Waals surface area contributed by atoms with Gasteiger partial charge in [0.05, 0.1) is 18.7 Å². The van der Waals surface area contributed by atoms with E-state index in [0.29, 0.717) is 18.4 Å². The van der Waals surface area contributed by atoms with Crippen LogP contribution in [0.2, 0.25) is 0 Å². The molecule has 25 heavy (non-hydrogen) atoms. The van der Waals surface area contributed by atoms with Gasteiger partial charge in [-0.1, -0.05) is 0 Å². The van der Waals surface area contributed by atoms with Crippen molar-refractivity contribution >= 4 is 0 Å². The fraction of sp³-hybridized carbons (Fsp3) is 0.400. The van der Waals surface area contributed by atoms with E-state index in [0.717, 1.165) is 36.6 Å². The number of hydrogen-bond donors (Lipinski definition) is 2. The lowest BCUT2D eigenvalue weighted by atomic mass is 10.0. The first-order valence-electron chi connectivity index (χ1n) is 8.93. The van der Waals surface area contributed by atoms with Crippen LogP contribution in [0.25, 0.3) is 0 Å².